The zero-order valence-corrected chi connectivity index (χ0v) is 14.4. The first-order valence-corrected chi connectivity index (χ1v) is 7.38. The van der Waals surface area contributed by atoms with E-state index in [2.05, 4.69) is 0 Å². The lowest BCUT2D eigenvalue weighted by atomic mass is 9.93. The van der Waals surface area contributed by atoms with E-state index in [-0.39, 0.29) is 5.69 Å². The van der Waals surface area contributed by atoms with Crippen molar-refractivity contribution >= 4 is 17.6 Å². The number of carboxylic acids is 2. The minimum absolute atomic E-state index is 0.170. The van der Waals surface area contributed by atoms with Gasteiger partial charge in [0.2, 0.25) is 0 Å². The predicted molar refractivity (Wildman–Crippen MR) is 87.0 cm³/mol. The van der Waals surface area contributed by atoms with Gasteiger partial charge in [-0.25, -0.2) is 9.59 Å². The van der Waals surface area contributed by atoms with Crippen molar-refractivity contribution in [1.29, 1.82) is 0 Å². The van der Waals surface area contributed by atoms with Crippen molar-refractivity contribution in [2.45, 2.75) is 52.2 Å². The second kappa shape index (κ2) is 8.39. The number of rotatable bonds is 6. The molecule has 0 bridgehead atoms. The van der Waals surface area contributed by atoms with E-state index in [4.69, 9.17) is 4.74 Å². The molecule has 1 aromatic carbocycles. The molecule has 8 heteroatoms. The Balaban J connectivity index is 0.00000254. The van der Waals surface area contributed by atoms with Crippen molar-refractivity contribution in [2.75, 3.05) is 0 Å². The Bertz CT molecular complexity index is 573. The summed E-state index contributed by atoms with van der Waals surface area (Å²) in [6, 6.07) is 4.98. The largest absolute Gasteiger partial charge is 0.479 e. The van der Waals surface area contributed by atoms with E-state index >= 15 is 0 Å². The molecule has 0 heterocycles. The number of carboxylic acid groups (broad SMARTS) is 2. The maximum absolute atomic E-state index is 11.5. The van der Waals surface area contributed by atoms with Gasteiger partial charge in [0.05, 0.1) is 10.5 Å². The topological polar surface area (TPSA) is 127 Å². The van der Waals surface area contributed by atoms with Crippen LogP contribution in [0, 0.1) is 10.1 Å². The fourth-order valence-electron chi connectivity index (χ4n) is 1.91. The number of benzene rings is 1. The molecule has 134 valence electrons. The number of non-ortho nitro benzene ring substituents is 1. The van der Waals surface area contributed by atoms with Crippen molar-refractivity contribution in [3.05, 3.63) is 39.9 Å². The van der Waals surface area contributed by atoms with Crippen molar-refractivity contribution < 1.29 is 29.5 Å². The van der Waals surface area contributed by atoms with Crippen LogP contribution in [-0.2, 0) is 20.7 Å². The molecule has 0 spiro atoms. The highest BCUT2D eigenvalue weighted by Crippen LogP contribution is 2.26. The SMILES string of the molecule is CC.CC(C)(C)OC(Cc1ccc([N+](=O)[O-])cc1)(C(=O)O)C(=O)O. The number of hydrogen-bond acceptors (Lipinski definition) is 5. The van der Waals surface area contributed by atoms with Crippen LogP contribution in [0.4, 0.5) is 5.69 Å². The van der Waals surface area contributed by atoms with Gasteiger partial charge in [0.25, 0.3) is 11.3 Å². The third-order valence-electron chi connectivity index (χ3n) is 2.77. The molecule has 0 fully saturated rings. The zero-order valence-electron chi connectivity index (χ0n) is 14.4. The molecule has 0 aliphatic rings. The summed E-state index contributed by atoms with van der Waals surface area (Å²) in [6.07, 6.45) is -0.451. The number of nitro groups is 1. The molecular weight excluding hydrogens is 318 g/mol. The predicted octanol–water partition coefficient (Wildman–Crippen LogP) is 2.89. The Kier molecular flexibility index (Phi) is 7.53. The summed E-state index contributed by atoms with van der Waals surface area (Å²) in [6.45, 7) is 8.64. The van der Waals surface area contributed by atoms with Gasteiger partial charge in [-0.05, 0) is 26.3 Å². The van der Waals surface area contributed by atoms with Crippen LogP contribution in [0.25, 0.3) is 0 Å². The van der Waals surface area contributed by atoms with E-state index in [9.17, 15) is 29.9 Å². The summed E-state index contributed by atoms with van der Waals surface area (Å²) in [4.78, 5) is 33.0. The molecule has 8 nitrogen and oxygen atoms in total. The van der Waals surface area contributed by atoms with Crippen LogP contribution in [0.15, 0.2) is 24.3 Å². The molecule has 0 saturated carbocycles. The lowest BCUT2D eigenvalue weighted by Gasteiger charge is -2.32. The maximum atomic E-state index is 11.5. The van der Waals surface area contributed by atoms with Gasteiger partial charge in [0.15, 0.2) is 0 Å². The highest BCUT2D eigenvalue weighted by molar-refractivity contribution is 6.02. The van der Waals surface area contributed by atoms with E-state index in [0.29, 0.717) is 5.56 Å². The molecule has 2 N–H and O–H groups in total. The molecule has 1 rings (SSSR count). The van der Waals surface area contributed by atoms with E-state index < -0.39 is 34.5 Å². The third-order valence-corrected chi connectivity index (χ3v) is 2.77. The lowest BCUT2D eigenvalue weighted by molar-refractivity contribution is -0.384. The highest BCUT2D eigenvalue weighted by Gasteiger charge is 2.50. The third kappa shape index (κ3) is 5.62. The van der Waals surface area contributed by atoms with Gasteiger partial charge in [-0.15, -0.1) is 0 Å². The number of carbonyl (C=O) groups is 2. The molecule has 0 unspecified atom stereocenters. The van der Waals surface area contributed by atoms with Crippen LogP contribution in [-0.4, -0.2) is 38.3 Å². The van der Waals surface area contributed by atoms with Crippen molar-refractivity contribution in [2.24, 2.45) is 0 Å². The summed E-state index contributed by atoms with van der Waals surface area (Å²) in [5.41, 5.74) is -3.33. The fourth-order valence-corrected chi connectivity index (χ4v) is 1.91. The van der Waals surface area contributed by atoms with Gasteiger partial charge >= 0.3 is 11.9 Å². The monoisotopic (exact) mass is 341 g/mol. The maximum Gasteiger partial charge on any atom is 0.348 e. The van der Waals surface area contributed by atoms with E-state index in [1.165, 1.54) is 24.3 Å². The zero-order chi connectivity index (χ0) is 19.1. The molecular formula is C16H23NO7. The van der Waals surface area contributed by atoms with Crippen LogP contribution >= 0.6 is 0 Å². The van der Waals surface area contributed by atoms with Crippen LogP contribution < -0.4 is 0 Å². The Morgan fingerprint density at radius 3 is 1.79 bits per heavy atom. The van der Waals surface area contributed by atoms with Gasteiger partial charge in [0, 0.05) is 18.6 Å². The number of hydrogen-bond donors (Lipinski definition) is 2. The minimum Gasteiger partial charge on any atom is -0.479 e. The Labute approximate surface area is 140 Å². The molecule has 0 aromatic heterocycles. The van der Waals surface area contributed by atoms with Gasteiger partial charge in [0.1, 0.15) is 0 Å². The van der Waals surface area contributed by atoms with E-state index in [1.54, 1.807) is 20.8 Å². The average Bonchev–Trinajstić information content (AvgIpc) is 2.47. The van der Waals surface area contributed by atoms with Crippen LogP contribution in [0.2, 0.25) is 0 Å². The van der Waals surface area contributed by atoms with Crippen molar-refractivity contribution in [1.82, 2.24) is 0 Å². The van der Waals surface area contributed by atoms with E-state index in [1.807, 2.05) is 13.8 Å². The normalized spacial score (nSPS) is 11.2. The van der Waals surface area contributed by atoms with E-state index in [0.717, 1.165) is 0 Å². The molecule has 0 aliphatic carbocycles. The average molecular weight is 341 g/mol. The summed E-state index contributed by atoms with van der Waals surface area (Å²) in [5, 5.41) is 29.3. The Morgan fingerprint density at radius 2 is 1.50 bits per heavy atom. The Morgan fingerprint density at radius 1 is 1.08 bits per heavy atom. The first-order chi connectivity index (χ1) is 11.0. The quantitative estimate of drug-likeness (QED) is 0.462. The van der Waals surface area contributed by atoms with Gasteiger partial charge in [-0.3, -0.25) is 10.1 Å². The molecule has 0 atom stereocenters. The van der Waals surface area contributed by atoms with Gasteiger partial charge in [-0.2, -0.15) is 0 Å². The number of nitrogens with zero attached hydrogens (tertiary/aromatic N) is 1. The summed E-state index contributed by atoms with van der Waals surface area (Å²) in [7, 11) is 0. The molecule has 0 radical (unpaired) electrons. The molecule has 24 heavy (non-hydrogen) atoms. The standard InChI is InChI=1S/C14H17NO7.C2H6/c1-13(2,3)22-14(11(16)17,12(18)19)8-9-4-6-10(7-5-9)15(20)21;1-2/h4-7H,8H2,1-3H3,(H,16,17)(H,18,19);1-2H3. The Hall–Kier alpha value is -2.48. The smallest absolute Gasteiger partial charge is 0.348 e. The first-order valence-electron chi connectivity index (χ1n) is 7.38. The van der Waals surface area contributed by atoms with Crippen LogP contribution in [0.5, 0.6) is 0 Å². The number of ether oxygens (including phenoxy) is 1. The second-order valence-electron chi connectivity index (χ2n) is 5.75. The van der Waals surface area contributed by atoms with Crippen molar-refractivity contribution in [3.8, 4) is 0 Å². The molecule has 0 aliphatic heterocycles. The van der Waals surface area contributed by atoms with Crippen LogP contribution in [0.1, 0.15) is 40.2 Å². The van der Waals surface area contributed by atoms with Crippen LogP contribution in [0.3, 0.4) is 0 Å². The molecule has 0 saturated heterocycles. The minimum atomic E-state index is -2.46. The second-order valence-corrected chi connectivity index (χ2v) is 5.75. The fraction of sp³-hybridized carbons (Fsp3) is 0.500. The lowest BCUT2D eigenvalue weighted by Crippen LogP contribution is -2.54. The number of nitro benzene ring substituents is 1. The molecule has 1 aromatic rings. The highest BCUT2D eigenvalue weighted by atomic mass is 16.6. The summed E-state index contributed by atoms with van der Waals surface area (Å²) in [5.74, 6) is -3.26. The van der Waals surface area contributed by atoms with Gasteiger partial charge < -0.3 is 14.9 Å². The first kappa shape index (κ1) is 21.5. The number of aliphatic carboxylic acids is 2. The van der Waals surface area contributed by atoms with Gasteiger partial charge in [-0.1, -0.05) is 26.0 Å². The molecule has 0 amide bonds. The summed E-state index contributed by atoms with van der Waals surface area (Å²) < 4.78 is 5.30. The van der Waals surface area contributed by atoms with Crippen molar-refractivity contribution in [3.63, 3.8) is 0 Å². The summed E-state index contributed by atoms with van der Waals surface area (Å²) >= 11 is 0.